The van der Waals surface area contributed by atoms with E-state index in [9.17, 15) is 9.59 Å². The van der Waals surface area contributed by atoms with Crippen LogP contribution in [0.5, 0.6) is 0 Å². The number of hydrogen-bond donors (Lipinski definition) is 4. The van der Waals surface area contributed by atoms with E-state index in [1.165, 1.54) is 0 Å². The lowest BCUT2D eigenvalue weighted by atomic mass is 10.3. The highest BCUT2D eigenvalue weighted by atomic mass is 16.4. The van der Waals surface area contributed by atoms with Crippen LogP contribution in [0.1, 0.15) is 0 Å². The molecule has 112 valence electrons. The fourth-order valence-electron chi connectivity index (χ4n) is 1.29. The molecule has 7 heteroatoms. The first-order valence-corrected chi connectivity index (χ1v) is 5.68. The van der Waals surface area contributed by atoms with Gasteiger partial charge in [0.15, 0.2) is 0 Å². The third-order valence-electron chi connectivity index (χ3n) is 2.05. The summed E-state index contributed by atoms with van der Waals surface area (Å²) in [6.45, 7) is 0. The molecule has 2 amide bonds. The number of rotatable bonds is 2. The Morgan fingerprint density at radius 3 is 1.19 bits per heavy atom. The van der Waals surface area contributed by atoms with E-state index in [1.807, 2.05) is 12.1 Å². The second kappa shape index (κ2) is 9.82. The zero-order chi connectivity index (χ0) is 14.8. The maximum atomic E-state index is 10.1. The van der Waals surface area contributed by atoms with Gasteiger partial charge < -0.3 is 15.7 Å². The topological polar surface area (TPSA) is 130 Å². The smallest absolute Gasteiger partial charge is 0.409 e. The summed E-state index contributed by atoms with van der Waals surface area (Å²) in [6.07, 6.45) is -2.07. The lowest BCUT2D eigenvalue weighted by molar-refractivity contribution is 0.208. The second-order valence-corrected chi connectivity index (χ2v) is 3.59. The summed E-state index contributed by atoms with van der Waals surface area (Å²) < 4.78 is 0. The van der Waals surface area contributed by atoms with Crippen LogP contribution in [0.4, 0.5) is 21.0 Å². The molecule has 0 saturated carbocycles. The van der Waals surface area contributed by atoms with E-state index in [0.717, 1.165) is 0 Å². The fraction of sp³-hybridized carbons (Fsp3) is 0. The van der Waals surface area contributed by atoms with Crippen LogP contribution in [0, 0.1) is 0 Å². The van der Waals surface area contributed by atoms with Gasteiger partial charge in [-0.1, -0.05) is 36.4 Å². The highest BCUT2D eigenvalue weighted by Crippen LogP contribution is 2.04. The number of anilines is 2. The standard InChI is InChI=1S/2C7H7NO2.H2O/c2*9-7(10)8-6-4-2-1-3-5-6;/h2*1-5,8H,(H,9,10);1H2. The number of nitrogens with one attached hydrogen (secondary N) is 2. The van der Waals surface area contributed by atoms with Gasteiger partial charge in [-0.2, -0.15) is 0 Å². The zero-order valence-electron chi connectivity index (χ0n) is 11.0. The van der Waals surface area contributed by atoms with E-state index in [1.54, 1.807) is 48.5 Å². The summed E-state index contributed by atoms with van der Waals surface area (Å²) >= 11 is 0. The highest BCUT2D eigenvalue weighted by Gasteiger charge is 1.93. The first-order valence-electron chi connectivity index (χ1n) is 5.68. The Hall–Kier alpha value is -3.06. The van der Waals surface area contributed by atoms with Crippen molar-refractivity contribution in [3.8, 4) is 0 Å². The van der Waals surface area contributed by atoms with Crippen molar-refractivity contribution in [2.24, 2.45) is 0 Å². The van der Waals surface area contributed by atoms with Crippen LogP contribution in [-0.4, -0.2) is 27.9 Å². The van der Waals surface area contributed by atoms with Gasteiger partial charge in [-0.25, -0.2) is 9.59 Å². The van der Waals surface area contributed by atoms with Crippen LogP contribution in [-0.2, 0) is 0 Å². The Balaban J connectivity index is 0.000000364. The van der Waals surface area contributed by atoms with Crippen molar-refractivity contribution in [3.63, 3.8) is 0 Å². The van der Waals surface area contributed by atoms with E-state index in [2.05, 4.69) is 10.6 Å². The number of benzene rings is 2. The van der Waals surface area contributed by atoms with E-state index in [4.69, 9.17) is 10.2 Å². The third kappa shape index (κ3) is 8.62. The Morgan fingerprint density at radius 1 is 0.667 bits per heavy atom. The first-order chi connectivity index (χ1) is 9.58. The monoisotopic (exact) mass is 292 g/mol. The summed E-state index contributed by atoms with van der Waals surface area (Å²) in [5, 5.41) is 21.0. The summed E-state index contributed by atoms with van der Waals surface area (Å²) in [5.74, 6) is 0. The van der Waals surface area contributed by atoms with Crippen molar-refractivity contribution >= 4 is 23.6 Å². The molecule has 7 nitrogen and oxygen atoms in total. The van der Waals surface area contributed by atoms with Crippen LogP contribution in [0.15, 0.2) is 60.7 Å². The maximum Gasteiger partial charge on any atom is 0.409 e. The average Bonchev–Trinajstić information content (AvgIpc) is 2.40. The van der Waals surface area contributed by atoms with Gasteiger partial charge in [-0.3, -0.25) is 10.6 Å². The van der Waals surface area contributed by atoms with Crippen LogP contribution < -0.4 is 10.6 Å². The SMILES string of the molecule is O.O=C(O)Nc1ccccc1.O=C(O)Nc1ccccc1. The molecule has 0 saturated heterocycles. The average molecular weight is 292 g/mol. The Labute approximate surface area is 121 Å². The van der Waals surface area contributed by atoms with Crippen molar-refractivity contribution < 1.29 is 25.3 Å². The van der Waals surface area contributed by atoms with Gasteiger partial charge in [-0.05, 0) is 24.3 Å². The summed E-state index contributed by atoms with van der Waals surface area (Å²) in [7, 11) is 0. The van der Waals surface area contributed by atoms with Gasteiger partial charge in [0, 0.05) is 11.4 Å². The Kier molecular flexibility index (Phi) is 8.39. The molecule has 0 aliphatic carbocycles. The molecule has 0 radical (unpaired) electrons. The quantitative estimate of drug-likeness (QED) is 0.677. The first kappa shape index (κ1) is 17.9. The predicted octanol–water partition coefficient (Wildman–Crippen LogP) is 2.73. The summed E-state index contributed by atoms with van der Waals surface area (Å²) in [5.41, 5.74) is 1.19. The molecule has 0 spiro atoms. The molecule has 2 rings (SSSR count). The second-order valence-electron chi connectivity index (χ2n) is 3.59. The molecule has 0 bridgehead atoms. The van der Waals surface area contributed by atoms with E-state index >= 15 is 0 Å². The van der Waals surface area contributed by atoms with Crippen molar-refractivity contribution in [2.45, 2.75) is 0 Å². The van der Waals surface area contributed by atoms with Gasteiger partial charge >= 0.3 is 12.2 Å². The summed E-state index contributed by atoms with van der Waals surface area (Å²) in [4.78, 5) is 20.1. The number of carboxylic acid groups (broad SMARTS) is 2. The van der Waals surface area contributed by atoms with Crippen molar-refractivity contribution in [1.82, 2.24) is 0 Å². The van der Waals surface area contributed by atoms with Crippen LogP contribution in [0.25, 0.3) is 0 Å². The zero-order valence-corrected chi connectivity index (χ0v) is 11.0. The molecular formula is C14H16N2O5. The molecular weight excluding hydrogens is 276 g/mol. The van der Waals surface area contributed by atoms with Gasteiger partial charge in [0.25, 0.3) is 0 Å². The molecule has 0 fully saturated rings. The van der Waals surface area contributed by atoms with Crippen molar-refractivity contribution in [1.29, 1.82) is 0 Å². The molecule has 21 heavy (non-hydrogen) atoms. The molecule has 2 aromatic carbocycles. The normalized spacial score (nSPS) is 8.38. The lowest BCUT2D eigenvalue weighted by Gasteiger charge is -1.96. The Morgan fingerprint density at radius 2 is 0.952 bits per heavy atom. The minimum atomic E-state index is -1.04. The molecule has 2 aromatic rings. The molecule has 0 aliphatic rings. The number of para-hydroxylation sites is 2. The van der Waals surface area contributed by atoms with Crippen LogP contribution >= 0.6 is 0 Å². The molecule has 0 aliphatic heterocycles. The Bertz CT molecular complexity index is 494. The van der Waals surface area contributed by atoms with Crippen LogP contribution in [0.3, 0.4) is 0 Å². The van der Waals surface area contributed by atoms with Crippen LogP contribution in [0.2, 0.25) is 0 Å². The van der Waals surface area contributed by atoms with Gasteiger partial charge in [0.2, 0.25) is 0 Å². The fourth-order valence-corrected chi connectivity index (χ4v) is 1.29. The lowest BCUT2D eigenvalue weighted by Crippen LogP contribution is -2.06. The number of hydrogen-bond acceptors (Lipinski definition) is 2. The molecule has 0 unspecified atom stereocenters. The van der Waals surface area contributed by atoms with E-state index < -0.39 is 12.2 Å². The maximum absolute atomic E-state index is 10.1. The molecule has 0 heterocycles. The molecule has 6 N–H and O–H groups in total. The third-order valence-corrected chi connectivity index (χ3v) is 2.05. The van der Waals surface area contributed by atoms with E-state index in [-0.39, 0.29) is 5.48 Å². The summed E-state index contributed by atoms with van der Waals surface area (Å²) in [6, 6.07) is 17.5. The minimum absolute atomic E-state index is 0. The van der Waals surface area contributed by atoms with Gasteiger partial charge in [0.1, 0.15) is 0 Å². The minimum Gasteiger partial charge on any atom is -0.465 e. The number of carbonyl (C=O) groups is 2. The largest absolute Gasteiger partial charge is 0.465 e. The molecule has 0 aromatic heterocycles. The van der Waals surface area contributed by atoms with Crippen molar-refractivity contribution in [2.75, 3.05) is 10.6 Å². The highest BCUT2D eigenvalue weighted by molar-refractivity contribution is 5.83. The predicted molar refractivity (Wildman–Crippen MR) is 79.8 cm³/mol. The van der Waals surface area contributed by atoms with Gasteiger partial charge in [-0.15, -0.1) is 0 Å². The number of amides is 2. The van der Waals surface area contributed by atoms with E-state index in [0.29, 0.717) is 11.4 Å². The van der Waals surface area contributed by atoms with Crippen molar-refractivity contribution in [3.05, 3.63) is 60.7 Å². The molecule has 0 atom stereocenters. The van der Waals surface area contributed by atoms with Gasteiger partial charge in [0.05, 0.1) is 0 Å².